The molecule has 0 spiro atoms. The lowest BCUT2D eigenvalue weighted by molar-refractivity contribution is -0.160. The second kappa shape index (κ2) is 8.28. The predicted octanol–water partition coefficient (Wildman–Crippen LogP) is 1.44. The number of aryl methyl sites for hydroxylation is 1. The molecule has 1 fully saturated rings. The number of rotatable bonds is 7. The molecule has 2 heterocycles. The van der Waals surface area contributed by atoms with E-state index in [1.54, 1.807) is 19.1 Å². The average Bonchev–Trinajstić information content (AvgIpc) is 2.99. The predicted molar refractivity (Wildman–Crippen MR) is 98.4 cm³/mol. The Labute approximate surface area is 161 Å². The fourth-order valence-electron chi connectivity index (χ4n) is 3.07. The molecule has 0 bridgehead atoms. The van der Waals surface area contributed by atoms with Crippen molar-refractivity contribution in [2.24, 2.45) is 0 Å². The summed E-state index contributed by atoms with van der Waals surface area (Å²) in [4.78, 5) is 40.4. The SMILES string of the molecule is COc1cc2ncn(CCCC(=O)OC3CC(C)OC3=O)c(=O)c2cc1OC. The number of ether oxygens (including phenoxy) is 4. The van der Waals surface area contributed by atoms with Crippen molar-refractivity contribution in [3.8, 4) is 11.5 Å². The highest BCUT2D eigenvalue weighted by Crippen LogP contribution is 2.29. The zero-order chi connectivity index (χ0) is 20.3. The molecule has 1 saturated heterocycles. The van der Waals surface area contributed by atoms with Gasteiger partial charge in [0.15, 0.2) is 11.5 Å². The van der Waals surface area contributed by atoms with Gasteiger partial charge in [-0.05, 0) is 19.4 Å². The van der Waals surface area contributed by atoms with Crippen molar-refractivity contribution < 1.29 is 28.5 Å². The summed E-state index contributed by atoms with van der Waals surface area (Å²) in [5.74, 6) is -0.0838. The van der Waals surface area contributed by atoms with E-state index in [9.17, 15) is 14.4 Å². The van der Waals surface area contributed by atoms with Crippen LogP contribution >= 0.6 is 0 Å². The van der Waals surface area contributed by atoms with Crippen LogP contribution in [0.2, 0.25) is 0 Å². The number of nitrogens with zero attached hydrogens (tertiary/aromatic N) is 2. The van der Waals surface area contributed by atoms with Gasteiger partial charge in [-0.15, -0.1) is 0 Å². The van der Waals surface area contributed by atoms with Gasteiger partial charge in [-0.2, -0.15) is 0 Å². The molecule has 0 radical (unpaired) electrons. The molecule has 150 valence electrons. The maximum absolute atomic E-state index is 12.7. The van der Waals surface area contributed by atoms with E-state index in [1.807, 2.05) is 0 Å². The Morgan fingerprint density at radius 2 is 1.96 bits per heavy atom. The largest absolute Gasteiger partial charge is 0.493 e. The van der Waals surface area contributed by atoms with Crippen LogP contribution in [0.15, 0.2) is 23.3 Å². The molecule has 1 aromatic heterocycles. The number of esters is 2. The average molecular weight is 390 g/mol. The Bertz CT molecular complexity index is 953. The number of carbonyl (C=O) groups is 2. The zero-order valence-corrected chi connectivity index (χ0v) is 16.0. The van der Waals surface area contributed by atoms with Crippen molar-refractivity contribution in [2.45, 2.75) is 44.9 Å². The first-order chi connectivity index (χ1) is 13.4. The molecular weight excluding hydrogens is 368 g/mol. The third-order valence-corrected chi connectivity index (χ3v) is 4.51. The Kier molecular flexibility index (Phi) is 5.81. The van der Waals surface area contributed by atoms with Gasteiger partial charge < -0.3 is 18.9 Å². The second-order valence-electron chi connectivity index (χ2n) is 6.53. The first-order valence-electron chi connectivity index (χ1n) is 8.94. The van der Waals surface area contributed by atoms with Gasteiger partial charge in [-0.3, -0.25) is 14.2 Å². The Morgan fingerprint density at radius 3 is 2.61 bits per heavy atom. The summed E-state index contributed by atoms with van der Waals surface area (Å²) >= 11 is 0. The number of fused-ring (bicyclic) bond motifs is 1. The molecule has 1 aliphatic rings. The summed E-state index contributed by atoms with van der Waals surface area (Å²) in [6.07, 6.45) is 1.16. The highest BCUT2D eigenvalue weighted by molar-refractivity contribution is 5.82. The first-order valence-corrected chi connectivity index (χ1v) is 8.94. The van der Waals surface area contributed by atoms with E-state index in [0.717, 1.165) is 0 Å². The van der Waals surface area contributed by atoms with Gasteiger partial charge in [-0.1, -0.05) is 0 Å². The number of methoxy groups -OCH3 is 2. The minimum atomic E-state index is -0.838. The van der Waals surface area contributed by atoms with Crippen LogP contribution in [0.5, 0.6) is 11.5 Å². The van der Waals surface area contributed by atoms with Gasteiger partial charge >= 0.3 is 11.9 Å². The molecule has 0 saturated carbocycles. The van der Waals surface area contributed by atoms with Crippen LogP contribution in [0.4, 0.5) is 0 Å². The van der Waals surface area contributed by atoms with Gasteiger partial charge in [-0.25, -0.2) is 9.78 Å². The monoisotopic (exact) mass is 390 g/mol. The van der Waals surface area contributed by atoms with E-state index in [-0.39, 0.29) is 24.6 Å². The quantitative estimate of drug-likeness (QED) is 0.654. The fourth-order valence-corrected chi connectivity index (χ4v) is 3.07. The Hall–Kier alpha value is -3.10. The molecule has 2 aromatic rings. The lowest BCUT2D eigenvalue weighted by Crippen LogP contribution is -2.24. The minimum Gasteiger partial charge on any atom is -0.493 e. The van der Waals surface area contributed by atoms with Crippen molar-refractivity contribution in [1.29, 1.82) is 0 Å². The second-order valence-corrected chi connectivity index (χ2v) is 6.53. The number of carbonyl (C=O) groups excluding carboxylic acids is 2. The van der Waals surface area contributed by atoms with Gasteiger partial charge in [0, 0.05) is 25.5 Å². The highest BCUT2D eigenvalue weighted by Gasteiger charge is 2.34. The molecule has 28 heavy (non-hydrogen) atoms. The van der Waals surface area contributed by atoms with E-state index < -0.39 is 18.0 Å². The van der Waals surface area contributed by atoms with Crippen LogP contribution in [-0.4, -0.2) is 47.9 Å². The van der Waals surface area contributed by atoms with Gasteiger partial charge in [0.25, 0.3) is 5.56 Å². The molecule has 1 aromatic carbocycles. The summed E-state index contributed by atoms with van der Waals surface area (Å²) in [6.45, 7) is 2.03. The first kappa shape index (κ1) is 19.7. The molecule has 1 aliphatic heterocycles. The smallest absolute Gasteiger partial charge is 0.347 e. The summed E-state index contributed by atoms with van der Waals surface area (Å²) in [5, 5.41) is 0.394. The van der Waals surface area contributed by atoms with E-state index in [2.05, 4.69) is 4.98 Å². The molecule has 0 N–H and O–H groups in total. The molecule has 0 aliphatic carbocycles. The summed E-state index contributed by atoms with van der Waals surface area (Å²) in [7, 11) is 3.00. The van der Waals surface area contributed by atoms with E-state index in [0.29, 0.717) is 35.2 Å². The van der Waals surface area contributed by atoms with Gasteiger partial charge in [0.2, 0.25) is 6.10 Å². The van der Waals surface area contributed by atoms with Crippen LogP contribution in [0.3, 0.4) is 0 Å². The lowest BCUT2D eigenvalue weighted by Gasteiger charge is -2.11. The number of benzene rings is 1. The lowest BCUT2D eigenvalue weighted by atomic mass is 10.2. The molecule has 9 heteroatoms. The molecule has 2 unspecified atom stereocenters. The van der Waals surface area contributed by atoms with Crippen molar-refractivity contribution in [1.82, 2.24) is 9.55 Å². The van der Waals surface area contributed by atoms with E-state index in [4.69, 9.17) is 18.9 Å². The Balaban J connectivity index is 1.64. The van der Waals surface area contributed by atoms with E-state index in [1.165, 1.54) is 25.1 Å². The molecular formula is C19H22N2O7. The normalized spacial score (nSPS) is 18.8. The highest BCUT2D eigenvalue weighted by atomic mass is 16.6. The van der Waals surface area contributed by atoms with Crippen LogP contribution in [0.25, 0.3) is 10.9 Å². The fraction of sp³-hybridized carbons (Fsp3) is 0.474. The topological polar surface area (TPSA) is 106 Å². The maximum atomic E-state index is 12.7. The zero-order valence-electron chi connectivity index (χ0n) is 16.0. The number of cyclic esters (lactones) is 1. The number of hydrogen-bond donors (Lipinski definition) is 0. The third-order valence-electron chi connectivity index (χ3n) is 4.51. The summed E-state index contributed by atoms with van der Waals surface area (Å²) in [5.41, 5.74) is 0.250. The van der Waals surface area contributed by atoms with Crippen LogP contribution in [-0.2, 0) is 25.6 Å². The molecule has 0 amide bonds. The minimum absolute atomic E-state index is 0.0779. The summed E-state index contributed by atoms with van der Waals surface area (Å²) < 4.78 is 22.0. The van der Waals surface area contributed by atoms with Crippen molar-refractivity contribution >= 4 is 22.8 Å². The van der Waals surface area contributed by atoms with E-state index >= 15 is 0 Å². The van der Waals surface area contributed by atoms with Gasteiger partial charge in [0.05, 0.1) is 31.4 Å². The standard InChI is InChI=1S/C19H22N2O7/c1-11-7-16(19(24)27-11)28-17(22)5-4-6-21-10-20-13-9-15(26-3)14(25-2)8-12(13)18(21)23/h8-11,16H,4-7H2,1-3H3. The molecule has 9 nitrogen and oxygen atoms in total. The maximum Gasteiger partial charge on any atom is 0.347 e. The van der Waals surface area contributed by atoms with Crippen LogP contribution in [0.1, 0.15) is 26.2 Å². The van der Waals surface area contributed by atoms with Crippen molar-refractivity contribution in [3.05, 3.63) is 28.8 Å². The number of hydrogen-bond acceptors (Lipinski definition) is 8. The summed E-state index contributed by atoms with van der Waals surface area (Å²) in [6, 6.07) is 3.22. The molecule has 2 atom stereocenters. The molecule has 3 rings (SSSR count). The van der Waals surface area contributed by atoms with Crippen LogP contribution < -0.4 is 15.0 Å². The van der Waals surface area contributed by atoms with Crippen molar-refractivity contribution in [3.63, 3.8) is 0 Å². The van der Waals surface area contributed by atoms with Gasteiger partial charge in [0.1, 0.15) is 6.10 Å². The Morgan fingerprint density at radius 1 is 1.25 bits per heavy atom. The third kappa shape index (κ3) is 4.08. The number of aromatic nitrogens is 2. The van der Waals surface area contributed by atoms with Crippen molar-refractivity contribution in [2.75, 3.05) is 14.2 Å². The van der Waals surface area contributed by atoms with Crippen LogP contribution in [0, 0.1) is 0 Å².